The molecule has 1 atom stereocenters. The first kappa shape index (κ1) is 15.9. The van der Waals surface area contributed by atoms with Crippen molar-refractivity contribution in [3.8, 4) is 0 Å². The second-order valence-electron chi connectivity index (χ2n) is 4.31. The van der Waals surface area contributed by atoms with Gasteiger partial charge in [0, 0.05) is 5.02 Å². The first-order valence-corrected chi connectivity index (χ1v) is 7.42. The molecule has 1 unspecified atom stereocenters. The van der Waals surface area contributed by atoms with Crippen molar-refractivity contribution in [3.05, 3.63) is 29.3 Å². The second kappa shape index (κ2) is 6.33. The van der Waals surface area contributed by atoms with Gasteiger partial charge in [-0.1, -0.05) is 25.4 Å². The lowest BCUT2D eigenvalue weighted by molar-refractivity contribution is -0.123. The predicted octanol–water partition coefficient (Wildman–Crippen LogP) is 0.633. The number of nitrogens with two attached hydrogens (primary N) is 1. The van der Waals surface area contributed by atoms with Crippen molar-refractivity contribution in [2.75, 3.05) is 0 Å². The molecular formula is C11H16ClN3O3S. The second-order valence-corrected chi connectivity index (χ2v) is 6.46. The van der Waals surface area contributed by atoms with Crippen molar-refractivity contribution < 1.29 is 13.2 Å². The highest BCUT2D eigenvalue weighted by Crippen LogP contribution is 2.15. The molecule has 0 fully saturated rings. The largest absolute Gasteiger partial charge is 0.293 e. The lowest BCUT2D eigenvalue weighted by Crippen LogP contribution is -2.51. The Bertz CT molecular complexity index is 543. The van der Waals surface area contributed by atoms with Crippen molar-refractivity contribution in [1.82, 2.24) is 10.1 Å². The minimum atomic E-state index is -3.80. The molecule has 0 saturated carbocycles. The van der Waals surface area contributed by atoms with E-state index in [4.69, 9.17) is 17.4 Å². The Labute approximate surface area is 117 Å². The summed E-state index contributed by atoms with van der Waals surface area (Å²) in [6.45, 7) is 3.43. The molecule has 0 spiro atoms. The number of carbonyl (C=O) groups is 1. The zero-order chi connectivity index (χ0) is 14.6. The van der Waals surface area contributed by atoms with Crippen LogP contribution < -0.4 is 16.0 Å². The number of amides is 1. The highest BCUT2D eigenvalue weighted by Gasteiger charge is 2.27. The molecule has 0 aliphatic carbocycles. The van der Waals surface area contributed by atoms with Gasteiger partial charge in [0.2, 0.25) is 10.0 Å². The quantitative estimate of drug-likeness (QED) is 0.422. The van der Waals surface area contributed by atoms with Gasteiger partial charge in [0.15, 0.2) is 0 Å². The van der Waals surface area contributed by atoms with Crippen LogP contribution in [0.2, 0.25) is 5.02 Å². The molecule has 1 aromatic carbocycles. The monoisotopic (exact) mass is 305 g/mol. The Morgan fingerprint density at radius 1 is 1.26 bits per heavy atom. The molecule has 4 N–H and O–H groups in total. The van der Waals surface area contributed by atoms with Gasteiger partial charge >= 0.3 is 0 Å². The third-order valence-electron chi connectivity index (χ3n) is 2.50. The van der Waals surface area contributed by atoms with Gasteiger partial charge in [-0.15, -0.1) is 0 Å². The number of carbonyl (C=O) groups excluding carboxylic acids is 1. The summed E-state index contributed by atoms with van der Waals surface area (Å²) in [6.07, 6.45) is 0. The van der Waals surface area contributed by atoms with Crippen LogP contribution in [0.3, 0.4) is 0 Å². The Balaban J connectivity index is 3.00. The van der Waals surface area contributed by atoms with Gasteiger partial charge in [0.25, 0.3) is 5.91 Å². The third kappa shape index (κ3) is 4.17. The Morgan fingerprint density at radius 2 is 1.79 bits per heavy atom. The number of nitrogens with one attached hydrogen (secondary N) is 2. The van der Waals surface area contributed by atoms with Crippen LogP contribution in [0.1, 0.15) is 13.8 Å². The first-order valence-electron chi connectivity index (χ1n) is 5.56. The van der Waals surface area contributed by atoms with Crippen LogP contribution in [0.25, 0.3) is 0 Å². The summed E-state index contributed by atoms with van der Waals surface area (Å²) in [5, 5.41) is 0.430. The lowest BCUT2D eigenvalue weighted by atomic mass is 10.1. The van der Waals surface area contributed by atoms with Crippen LogP contribution in [-0.2, 0) is 14.8 Å². The number of rotatable bonds is 5. The van der Waals surface area contributed by atoms with E-state index < -0.39 is 22.0 Å². The first-order chi connectivity index (χ1) is 8.77. The summed E-state index contributed by atoms with van der Waals surface area (Å²) in [7, 11) is -3.80. The molecule has 1 amide bonds. The number of hydrogen-bond acceptors (Lipinski definition) is 4. The fourth-order valence-corrected chi connectivity index (χ4v) is 2.90. The zero-order valence-electron chi connectivity index (χ0n) is 10.6. The molecule has 1 rings (SSSR count). The molecule has 106 valence electrons. The van der Waals surface area contributed by atoms with Crippen LogP contribution >= 0.6 is 11.6 Å². The Hall–Kier alpha value is -1.15. The van der Waals surface area contributed by atoms with E-state index in [9.17, 15) is 13.2 Å². The fraction of sp³-hybridized carbons (Fsp3) is 0.364. The topological polar surface area (TPSA) is 101 Å². The van der Waals surface area contributed by atoms with Crippen molar-refractivity contribution in [1.29, 1.82) is 0 Å². The van der Waals surface area contributed by atoms with Crippen molar-refractivity contribution in [2.24, 2.45) is 11.8 Å². The predicted molar refractivity (Wildman–Crippen MR) is 72.7 cm³/mol. The molecule has 19 heavy (non-hydrogen) atoms. The molecular weight excluding hydrogens is 290 g/mol. The third-order valence-corrected chi connectivity index (χ3v) is 4.21. The van der Waals surface area contributed by atoms with Crippen LogP contribution in [0.15, 0.2) is 29.2 Å². The number of hydrogen-bond donors (Lipinski definition) is 3. The Morgan fingerprint density at radius 3 is 2.21 bits per heavy atom. The SMILES string of the molecule is CC(C)C(NS(=O)(=O)c1ccc(Cl)cc1)C(=O)NN. The summed E-state index contributed by atoms with van der Waals surface area (Å²) in [5.41, 5.74) is 1.94. The Kier molecular flexibility index (Phi) is 5.30. The van der Waals surface area contributed by atoms with Crippen molar-refractivity contribution in [3.63, 3.8) is 0 Å². The number of benzene rings is 1. The van der Waals surface area contributed by atoms with Gasteiger partial charge in [0.05, 0.1) is 4.90 Å². The average Bonchev–Trinajstić information content (AvgIpc) is 2.35. The van der Waals surface area contributed by atoms with E-state index in [1.807, 2.05) is 5.43 Å². The number of hydrazine groups is 1. The zero-order valence-corrected chi connectivity index (χ0v) is 12.1. The summed E-state index contributed by atoms with van der Waals surface area (Å²) < 4.78 is 26.5. The van der Waals surface area contributed by atoms with E-state index >= 15 is 0 Å². The van der Waals surface area contributed by atoms with Crippen molar-refractivity contribution >= 4 is 27.5 Å². The average molecular weight is 306 g/mol. The molecule has 0 saturated heterocycles. The minimum absolute atomic E-state index is 0.0346. The highest BCUT2D eigenvalue weighted by atomic mass is 35.5. The summed E-state index contributed by atoms with van der Waals surface area (Å²) >= 11 is 5.69. The number of sulfonamides is 1. The van der Waals surface area contributed by atoms with Gasteiger partial charge < -0.3 is 0 Å². The van der Waals surface area contributed by atoms with E-state index in [1.165, 1.54) is 24.3 Å². The lowest BCUT2D eigenvalue weighted by Gasteiger charge is -2.20. The highest BCUT2D eigenvalue weighted by molar-refractivity contribution is 7.89. The van der Waals surface area contributed by atoms with E-state index in [0.717, 1.165) is 0 Å². The van der Waals surface area contributed by atoms with Gasteiger partial charge in [-0.3, -0.25) is 10.2 Å². The maximum atomic E-state index is 12.1. The maximum Gasteiger partial charge on any atom is 0.252 e. The summed E-state index contributed by atoms with van der Waals surface area (Å²) in [4.78, 5) is 11.6. The maximum absolute atomic E-state index is 12.1. The molecule has 0 bridgehead atoms. The molecule has 8 heteroatoms. The van der Waals surface area contributed by atoms with E-state index in [1.54, 1.807) is 13.8 Å². The molecule has 0 heterocycles. The van der Waals surface area contributed by atoms with Gasteiger partial charge in [-0.25, -0.2) is 14.3 Å². The number of halogens is 1. The standard InChI is InChI=1S/C11H16ClN3O3S/c1-7(2)10(11(16)14-13)15-19(17,18)9-5-3-8(12)4-6-9/h3-7,10,15H,13H2,1-2H3,(H,14,16). The molecule has 0 aromatic heterocycles. The molecule has 1 aromatic rings. The summed E-state index contributed by atoms with van der Waals surface area (Å²) in [5.74, 6) is 4.20. The molecule has 0 aliphatic rings. The van der Waals surface area contributed by atoms with Gasteiger partial charge in [0.1, 0.15) is 6.04 Å². The van der Waals surface area contributed by atoms with Crippen LogP contribution in [0.4, 0.5) is 0 Å². The normalized spacial score (nSPS) is 13.3. The van der Waals surface area contributed by atoms with Crippen molar-refractivity contribution in [2.45, 2.75) is 24.8 Å². The molecule has 0 aliphatic heterocycles. The minimum Gasteiger partial charge on any atom is -0.293 e. The van der Waals surface area contributed by atoms with Crippen LogP contribution in [-0.4, -0.2) is 20.4 Å². The van der Waals surface area contributed by atoms with E-state index in [0.29, 0.717) is 5.02 Å². The van der Waals surface area contributed by atoms with Gasteiger partial charge in [-0.2, -0.15) is 4.72 Å². The van der Waals surface area contributed by atoms with Crippen LogP contribution in [0.5, 0.6) is 0 Å². The fourth-order valence-electron chi connectivity index (χ4n) is 1.43. The molecule has 6 nitrogen and oxygen atoms in total. The molecule has 0 radical (unpaired) electrons. The van der Waals surface area contributed by atoms with E-state index in [2.05, 4.69) is 4.72 Å². The summed E-state index contributed by atoms with van der Waals surface area (Å²) in [6, 6.07) is 4.71. The smallest absolute Gasteiger partial charge is 0.252 e. The van der Waals surface area contributed by atoms with Gasteiger partial charge in [-0.05, 0) is 30.2 Å². The van der Waals surface area contributed by atoms with Crippen LogP contribution in [0, 0.1) is 5.92 Å². The van der Waals surface area contributed by atoms with E-state index in [-0.39, 0.29) is 10.8 Å².